The Morgan fingerprint density at radius 3 is 2.52 bits per heavy atom. The molecule has 27 heavy (non-hydrogen) atoms. The van der Waals surface area contributed by atoms with Crippen molar-refractivity contribution in [3.05, 3.63) is 71.0 Å². The van der Waals surface area contributed by atoms with Gasteiger partial charge in [0.05, 0.1) is 5.60 Å². The number of hydrogen-bond donors (Lipinski definition) is 1. The summed E-state index contributed by atoms with van der Waals surface area (Å²) in [4.78, 5) is 2.19. The molecule has 0 aliphatic heterocycles. The van der Waals surface area contributed by atoms with Gasteiger partial charge in [0.15, 0.2) is 0 Å². The standard InChI is InChI=1S/C24H32FNO/c1-18-5-4-6-21(13-18)16-24(27)12-11-20(15-22(24)17-26(2)3)14-19-7-9-23(25)10-8-19/h4-10,13,20,22,27H,11-12,14-17H2,1-3H3. The Labute approximate surface area is 163 Å². The van der Waals surface area contributed by atoms with Crippen LogP contribution in [0.25, 0.3) is 0 Å². The van der Waals surface area contributed by atoms with Crippen molar-refractivity contribution in [2.45, 2.75) is 44.6 Å². The summed E-state index contributed by atoms with van der Waals surface area (Å²) in [6.07, 6.45) is 4.54. The first-order chi connectivity index (χ1) is 12.8. The van der Waals surface area contributed by atoms with E-state index in [4.69, 9.17) is 0 Å². The van der Waals surface area contributed by atoms with Crippen LogP contribution in [0.3, 0.4) is 0 Å². The molecule has 2 nitrogen and oxygen atoms in total. The van der Waals surface area contributed by atoms with Gasteiger partial charge in [-0.05, 0) is 75.9 Å². The van der Waals surface area contributed by atoms with E-state index in [2.05, 4.69) is 50.2 Å². The molecule has 2 aromatic carbocycles. The Balaban J connectivity index is 1.72. The van der Waals surface area contributed by atoms with Gasteiger partial charge in [-0.25, -0.2) is 4.39 Å². The Hall–Kier alpha value is -1.71. The molecule has 1 aliphatic carbocycles. The second-order valence-corrected chi connectivity index (χ2v) is 8.70. The maximum atomic E-state index is 13.2. The van der Waals surface area contributed by atoms with Gasteiger partial charge in [-0.2, -0.15) is 0 Å². The summed E-state index contributed by atoms with van der Waals surface area (Å²) in [5.74, 6) is 0.603. The molecule has 1 aliphatic rings. The summed E-state index contributed by atoms with van der Waals surface area (Å²) in [6, 6.07) is 15.4. The summed E-state index contributed by atoms with van der Waals surface area (Å²) in [5.41, 5.74) is 3.00. The summed E-state index contributed by atoms with van der Waals surface area (Å²) >= 11 is 0. The third-order valence-electron chi connectivity index (χ3n) is 5.98. The lowest BCUT2D eigenvalue weighted by atomic mass is 9.67. The van der Waals surface area contributed by atoms with Crippen molar-refractivity contribution >= 4 is 0 Å². The fourth-order valence-corrected chi connectivity index (χ4v) is 4.63. The molecule has 0 radical (unpaired) electrons. The van der Waals surface area contributed by atoms with Crippen LogP contribution in [-0.2, 0) is 12.8 Å². The van der Waals surface area contributed by atoms with E-state index in [9.17, 15) is 9.50 Å². The minimum absolute atomic E-state index is 0.180. The van der Waals surface area contributed by atoms with E-state index < -0.39 is 5.60 Å². The maximum Gasteiger partial charge on any atom is 0.123 e. The van der Waals surface area contributed by atoms with Crippen molar-refractivity contribution in [2.24, 2.45) is 11.8 Å². The van der Waals surface area contributed by atoms with Crippen LogP contribution >= 0.6 is 0 Å². The highest BCUT2D eigenvalue weighted by Crippen LogP contribution is 2.41. The SMILES string of the molecule is Cc1cccc(CC2(O)CCC(Cc3ccc(F)cc3)CC2CN(C)C)c1. The molecular formula is C24H32FNO. The van der Waals surface area contributed by atoms with E-state index in [1.54, 1.807) is 12.1 Å². The average Bonchev–Trinajstić information content (AvgIpc) is 2.60. The lowest BCUT2D eigenvalue weighted by molar-refractivity contribution is -0.0685. The van der Waals surface area contributed by atoms with Crippen molar-refractivity contribution in [2.75, 3.05) is 20.6 Å². The maximum absolute atomic E-state index is 13.2. The zero-order chi connectivity index (χ0) is 19.4. The molecule has 1 N–H and O–H groups in total. The zero-order valence-electron chi connectivity index (χ0n) is 16.8. The molecule has 0 aromatic heterocycles. The van der Waals surface area contributed by atoms with Crippen LogP contribution < -0.4 is 0 Å². The highest BCUT2D eigenvalue weighted by molar-refractivity contribution is 5.24. The lowest BCUT2D eigenvalue weighted by Gasteiger charge is -2.44. The average molecular weight is 370 g/mol. The minimum atomic E-state index is -0.655. The summed E-state index contributed by atoms with van der Waals surface area (Å²) < 4.78 is 13.2. The molecule has 0 heterocycles. The molecule has 3 rings (SSSR count). The summed E-state index contributed by atoms with van der Waals surface area (Å²) in [5, 5.41) is 11.6. The van der Waals surface area contributed by atoms with Gasteiger partial charge in [0.2, 0.25) is 0 Å². The number of halogens is 1. The summed E-state index contributed by atoms with van der Waals surface area (Å²) in [6.45, 7) is 2.99. The molecule has 3 heteroatoms. The van der Waals surface area contributed by atoms with Crippen molar-refractivity contribution < 1.29 is 9.50 Å². The number of hydrogen-bond acceptors (Lipinski definition) is 2. The van der Waals surface area contributed by atoms with Crippen molar-refractivity contribution in [3.8, 4) is 0 Å². The van der Waals surface area contributed by atoms with Crippen LogP contribution in [0.4, 0.5) is 4.39 Å². The number of rotatable bonds is 6. The van der Waals surface area contributed by atoms with Gasteiger partial charge in [-0.3, -0.25) is 0 Å². The Morgan fingerprint density at radius 1 is 1.11 bits per heavy atom. The van der Waals surface area contributed by atoms with Crippen LogP contribution in [0, 0.1) is 24.6 Å². The molecule has 0 bridgehead atoms. The van der Waals surface area contributed by atoms with Crippen LogP contribution in [0.1, 0.15) is 36.0 Å². The van der Waals surface area contributed by atoms with Crippen molar-refractivity contribution in [3.63, 3.8) is 0 Å². The van der Waals surface area contributed by atoms with E-state index in [0.29, 0.717) is 5.92 Å². The van der Waals surface area contributed by atoms with E-state index >= 15 is 0 Å². The molecule has 1 saturated carbocycles. The molecule has 0 spiro atoms. The van der Waals surface area contributed by atoms with Crippen LogP contribution in [-0.4, -0.2) is 36.2 Å². The topological polar surface area (TPSA) is 23.5 Å². The largest absolute Gasteiger partial charge is 0.389 e. The van der Waals surface area contributed by atoms with Gasteiger partial charge in [0, 0.05) is 18.9 Å². The third-order valence-corrected chi connectivity index (χ3v) is 5.98. The van der Waals surface area contributed by atoms with Gasteiger partial charge in [-0.15, -0.1) is 0 Å². The fourth-order valence-electron chi connectivity index (χ4n) is 4.63. The monoisotopic (exact) mass is 369 g/mol. The molecule has 1 fully saturated rings. The molecule has 0 saturated heterocycles. The summed E-state index contributed by atoms with van der Waals surface area (Å²) in [7, 11) is 4.16. The first kappa shape index (κ1) is 20.0. The van der Waals surface area contributed by atoms with Gasteiger partial charge in [0.1, 0.15) is 5.82 Å². The molecule has 3 atom stereocenters. The predicted molar refractivity (Wildman–Crippen MR) is 109 cm³/mol. The van der Waals surface area contributed by atoms with Crippen LogP contribution in [0.2, 0.25) is 0 Å². The van der Waals surface area contributed by atoms with Gasteiger partial charge in [-0.1, -0.05) is 42.0 Å². The minimum Gasteiger partial charge on any atom is -0.389 e. The van der Waals surface area contributed by atoms with E-state index in [0.717, 1.165) is 38.6 Å². The second-order valence-electron chi connectivity index (χ2n) is 8.70. The van der Waals surface area contributed by atoms with E-state index in [-0.39, 0.29) is 11.7 Å². The number of aryl methyl sites for hydroxylation is 1. The van der Waals surface area contributed by atoms with Gasteiger partial charge >= 0.3 is 0 Å². The van der Waals surface area contributed by atoms with E-state index in [1.165, 1.54) is 16.7 Å². The number of benzene rings is 2. The quantitative estimate of drug-likeness (QED) is 0.803. The van der Waals surface area contributed by atoms with Crippen LogP contribution in [0.5, 0.6) is 0 Å². The smallest absolute Gasteiger partial charge is 0.123 e. The molecule has 146 valence electrons. The first-order valence-corrected chi connectivity index (χ1v) is 10.0. The molecule has 3 unspecified atom stereocenters. The van der Waals surface area contributed by atoms with Crippen LogP contribution in [0.15, 0.2) is 48.5 Å². The lowest BCUT2D eigenvalue weighted by Crippen LogP contribution is -2.49. The predicted octanol–water partition coefficient (Wildman–Crippen LogP) is 4.63. The zero-order valence-corrected chi connectivity index (χ0v) is 16.8. The first-order valence-electron chi connectivity index (χ1n) is 10.0. The Bertz CT molecular complexity index is 742. The normalized spacial score (nSPS) is 25.7. The number of nitrogens with zero attached hydrogens (tertiary/aromatic N) is 1. The Morgan fingerprint density at radius 2 is 1.85 bits per heavy atom. The third kappa shape index (κ3) is 5.40. The number of aliphatic hydroxyl groups is 1. The molecular weight excluding hydrogens is 337 g/mol. The van der Waals surface area contributed by atoms with Gasteiger partial charge < -0.3 is 10.0 Å². The highest BCUT2D eigenvalue weighted by Gasteiger charge is 2.42. The van der Waals surface area contributed by atoms with Crippen molar-refractivity contribution in [1.82, 2.24) is 4.90 Å². The van der Waals surface area contributed by atoms with E-state index in [1.807, 2.05) is 12.1 Å². The van der Waals surface area contributed by atoms with Crippen molar-refractivity contribution in [1.29, 1.82) is 0 Å². The second kappa shape index (κ2) is 8.53. The fraction of sp³-hybridized carbons (Fsp3) is 0.500. The molecule has 0 amide bonds. The highest BCUT2D eigenvalue weighted by atomic mass is 19.1. The molecule has 2 aromatic rings. The van der Waals surface area contributed by atoms with Gasteiger partial charge in [0.25, 0.3) is 0 Å². The Kier molecular flexibility index (Phi) is 6.33.